The molecule has 0 bridgehead atoms. The summed E-state index contributed by atoms with van der Waals surface area (Å²) in [6, 6.07) is 0. The Morgan fingerprint density at radius 3 is 2.50 bits per heavy atom. The van der Waals surface area contributed by atoms with Crippen molar-refractivity contribution in [2.75, 3.05) is 19.1 Å². The van der Waals surface area contributed by atoms with Gasteiger partial charge in [-0.15, -0.1) is 11.6 Å². The van der Waals surface area contributed by atoms with Crippen LogP contribution in [-0.4, -0.2) is 36.4 Å². The molecule has 6 heteroatoms. The molecule has 0 aromatic carbocycles. The van der Waals surface area contributed by atoms with Gasteiger partial charge in [0.25, 0.3) is 0 Å². The van der Waals surface area contributed by atoms with Gasteiger partial charge in [-0.3, -0.25) is 9.59 Å². The van der Waals surface area contributed by atoms with Crippen molar-refractivity contribution in [3.63, 3.8) is 0 Å². The summed E-state index contributed by atoms with van der Waals surface area (Å²) in [6.07, 6.45) is 0.350. The third kappa shape index (κ3) is 2.85. The lowest BCUT2D eigenvalue weighted by atomic mass is 9.92. The van der Waals surface area contributed by atoms with E-state index in [1.807, 2.05) is 0 Å². The molecule has 1 rings (SSSR count). The van der Waals surface area contributed by atoms with E-state index < -0.39 is 11.4 Å². The van der Waals surface area contributed by atoms with E-state index in [4.69, 9.17) is 22.1 Å². The Morgan fingerprint density at radius 1 is 1.50 bits per heavy atom. The Bertz CT molecular complexity index is 241. The maximum absolute atomic E-state index is 11.2. The minimum absolute atomic E-state index is 0.112. The molecule has 1 aliphatic rings. The summed E-state index contributed by atoms with van der Waals surface area (Å²) >= 11 is 5.41. The van der Waals surface area contributed by atoms with Crippen LogP contribution in [0.25, 0.3) is 0 Å². The summed E-state index contributed by atoms with van der Waals surface area (Å²) in [5, 5.41) is 2.71. The standard InChI is InChI=1S/C8H13ClN2O3/c9-2-1-7(13)11-8(3-6(10)12)4-14-5-8/h1-5H2,(H2,10,12)(H,11,13). The van der Waals surface area contributed by atoms with E-state index in [9.17, 15) is 9.59 Å². The number of nitrogens with two attached hydrogens (primary N) is 1. The van der Waals surface area contributed by atoms with Crippen molar-refractivity contribution in [3.05, 3.63) is 0 Å². The predicted molar refractivity (Wildman–Crippen MR) is 50.8 cm³/mol. The van der Waals surface area contributed by atoms with Crippen molar-refractivity contribution in [1.29, 1.82) is 0 Å². The van der Waals surface area contributed by atoms with Gasteiger partial charge in [-0.05, 0) is 0 Å². The maximum atomic E-state index is 11.2. The molecule has 3 N–H and O–H groups in total. The number of primary amides is 1. The summed E-state index contributed by atoms with van der Waals surface area (Å²) in [7, 11) is 0. The third-order valence-corrected chi connectivity index (χ3v) is 2.18. The van der Waals surface area contributed by atoms with Crippen LogP contribution in [0.3, 0.4) is 0 Å². The second-order valence-corrected chi connectivity index (χ2v) is 3.78. The van der Waals surface area contributed by atoms with Crippen molar-refractivity contribution in [2.24, 2.45) is 5.73 Å². The van der Waals surface area contributed by atoms with Gasteiger partial charge in [0.15, 0.2) is 0 Å². The van der Waals surface area contributed by atoms with Crippen LogP contribution in [0, 0.1) is 0 Å². The summed E-state index contributed by atoms with van der Waals surface area (Å²) in [6.45, 7) is 0.675. The number of carbonyl (C=O) groups is 2. The third-order valence-electron chi connectivity index (χ3n) is 2.00. The first-order valence-electron chi connectivity index (χ1n) is 4.31. The fourth-order valence-corrected chi connectivity index (χ4v) is 1.52. The molecule has 5 nitrogen and oxygen atoms in total. The molecular weight excluding hydrogens is 208 g/mol. The number of alkyl halides is 1. The van der Waals surface area contributed by atoms with Crippen LogP contribution < -0.4 is 11.1 Å². The SMILES string of the molecule is NC(=O)CC1(NC(=O)CCCl)COC1. The van der Waals surface area contributed by atoms with E-state index in [1.165, 1.54) is 0 Å². The van der Waals surface area contributed by atoms with Crippen LogP contribution in [0.15, 0.2) is 0 Å². The summed E-state index contributed by atoms with van der Waals surface area (Å²) in [5.41, 5.74) is 4.48. The highest BCUT2D eigenvalue weighted by molar-refractivity contribution is 6.18. The van der Waals surface area contributed by atoms with Gasteiger partial charge in [0.05, 0.1) is 25.2 Å². The highest BCUT2D eigenvalue weighted by Gasteiger charge is 2.41. The van der Waals surface area contributed by atoms with Gasteiger partial charge in [-0.2, -0.15) is 0 Å². The van der Waals surface area contributed by atoms with Crippen LogP contribution in [0.2, 0.25) is 0 Å². The molecule has 80 valence electrons. The van der Waals surface area contributed by atoms with E-state index in [1.54, 1.807) is 0 Å². The molecule has 0 atom stereocenters. The number of ether oxygens (including phenoxy) is 1. The number of hydrogen-bond acceptors (Lipinski definition) is 3. The Morgan fingerprint density at radius 2 is 2.14 bits per heavy atom. The lowest BCUT2D eigenvalue weighted by Gasteiger charge is -2.41. The minimum Gasteiger partial charge on any atom is -0.376 e. The summed E-state index contributed by atoms with van der Waals surface area (Å²) in [4.78, 5) is 22.0. The molecule has 0 radical (unpaired) electrons. The van der Waals surface area contributed by atoms with Gasteiger partial charge in [-0.1, -0.05) is 0 Å². The molecule has 0 aromatic rings. The highest BCUT2D eigenvalue weighted by Crippen LogP contribution is 2.20. The molecule has 1 saturated heterocycles. The van der Waals surface area contributed by atoms with E-state index in [0.717, 1.165) is 0 Å². The monoisotopic (exact) mass is 220 g/mol. The first kappa shape index (κ1) is 11.3. The Hall–Kier alpha value is -0.810. The summed E-state index contributed by atoms with van der Waals surface area (Å²) < 4.78 is 4.96. The van der Waals surface area contributed by atoms with Crippen molar-refractivity contribution < 1.29 is 14.3 Å². The zero-order valence-electron chi connectivity index (χ0n) is 7.72. The van der Waals surface area contributed by atoms with Crippen molar-refractivity contribution in [1.82, 2.24) is 5.32 Å². The topological polar surface area (TPSA) is 81.4 Å². The van der Waals surface area contributed by atoms with Gasteiger partial charge in [0.1, 0.15) is 0 Å². The smallest absolute Gasteiger partial charge is 0.221 e. The largest absolute Gasteiger partial charge is 0.376 e. The molecule has 14 heavy (non-hydrogen) atoms. The highest BCUT2D eigenvalue weighted by atomic mass is 35.5. The number of hydrogen-bond donors (Lipinski definition) is 2. The Kier molecular flexibility index (Phi) is 3.71. The molecule has 0 aliphatic carbocycles. The number of halogens is 1. The van der Waals surface area contributed by atoms with E-state index >= 15 is 0 Å². The van der Waals surface area contributed by atoms with Crippen molar-refractivity contribution in [2.45, 2.75) is 18.4 Å². The van der Waals surface area contributed by atoms with Crippen LogP contribution in [0.4, 0.5) is 0 Å². The number of carbonyl (C=O) groups excluding carboxylic acids is 2. The molecule has 0 aromatic heterocycles. The second kappa shape index (κ2) is 4.61. The summed E-state index contributed by atoms with van der Waals surface area (Å²) in [5.74, 6) is -0.358. The lowest BCUT2D eigenvalue weighted by Crippen LogP contribution is -2.63. The molecule has 1 heterocycles. The van der Waals surface area contributed by atoms with Gasteiger partial charge in [0, 0.05) is 12.3 Å². The zero-order valence-corrected chi connectivity index (χ0v) is 8.47. The average Bonchev–Trinajstić information content (AvgIpc) is 1.99. The first-order chi connectivity index (χ1) is 6.58. The van der Waals surface area contributed by atoms with Crippen LogP contribution in [-0.2, 0) is 14.3 Å². The average molecular weight is 221 g/mol. The fraction of sp³-hybridized carbons (Fsp3) is 0.750. The van der Waals surface area contributed by atoms with E-state index in [2.05, 4.69) is 5.32 Å². The van der Waals surface area contributed by atoms with Crippen LogP contribution in [0.1, 0.15) is 12.8 Å². The molecular formula is C8H13ClN2O3. The fourth-order valence-electron chi connectivity index (χ4n) is 1.34. The van der Waals surface area contributed by atoms with Crippen LogP contribution >= 0.6 is 11.6 Å². The quantitative estimate of drug-likeness (QED) is 0.606. The normalized spacial score (nSPS) is 18.4. The molecule has 0 unspecified atom stereocenters. The molecule has 0 saturated carbocycles. The van der Waals surface area contributed by atoms with Crippen LogP contribution in [0.5, 0.6) is 0 Å². The van der Waals surface area contributed by atoms with E-state index in [-0.39, 0.29) is 24.6 Å². The first-order valence-corrected chi connectivity index (χ1v) is 4.84. The van der Waals surface area contributed by atoms with Crippen molar-refractivity contribution >= 4 is 23.4 Å². The van der Waals surface area contributed by atoms with E-state index in [0.29, 0.717) is 13.2 Å². The van der Waals surface area contributed by atoms with Crippen molar-refractivity contribution in [3.8, 4) is 0 Å². The van der Waals surface area contributed by atoms with Gasteiger partial charge >= 0.3 is 0 Å². The van der Waals surface area contributed by atoms with Gasteiger partial charge in [-0.25, -0.2) is 0 Å². The van der Waals surface area contributed by atoms with Gasteiger partial charge < -0.3 is 15.8 Å². The lowest BCUT2D eigenvalue weighted by molar-refractivity contribution is -0.138. The number of amides is 2. The molecule has 1 aliphatic heterocycles. The van der Waals surface area contributed by atoms with Gasteiger partial charge in [0.2, 0.25) is 11.8 Å². The molecule has 2 amide bonds. The predicted octanol–water partition coefficient (Wildman–Crippen LogP) is -0.624. The zero-order chi connectivity index (χ0) is 10.6. The Balaban J connectivity index is 2.45. The number of nitrogens with one attached hydrogen (secondary N) is 1. The second-order valence-electron chi connectivity index (χ2n) is 3.40. The Labute approximate surface area is 86.9 Å². The molecule has 1 fully saturated rings. The number of rotatable bonds is 5. The molecule has 0 spiro atoms. The maximum Gasteiger partial charge on any atom is 0.221 e. The minimum atomic E-state index is -0.588.